The molecule has 0 aliphatic heterocycles. The lowest BCUT2D eigenvalue weighted by molar-refractivity contribution is -0.137. The van der Waals surface area contributed by atoms with Gasteiger partial charge in [-0.15, -0.1) is 0 Å². The SMILES string of the molecule is O=C(O)CC[C@H](NC(=O)OCc1ccccc1)C(=O)NCC(=O)NCC(=O)N[C@@H](Cc1ccccc1)C(=O)NCC(=O)C(=O)Cc1ccccc1. The van der Waals surface area contributed by atoms with E-state index in [1.165, 1.54) is 0 Å². The molecule has 0 aliphatic carbocycles. The zero-order valence-corrected chi connectivity index (χ0v) is 27.6. The molecule has 0 radical (unpaired) electrons. The molecule has 2 atom stereocenters. The van der Waals surface area contributed by atoms with Gasteiger partial charge in [0.25, 0.3) is 0 Å². The molecule has 0 unspecified atom stereocenters. The van der Waals surface area contributed by atoms with Crippen LogP contribution in [0.25, 0.3) is 0 Å². The summed E-state index contributed by atoms with van der Waals surface area (Å²) in [6, 6.07) is 23.6. The summed E-state index contributed by atoms with van der Waals surface area (Å²) in [5, 5.41) is 20.8. The van der Waals surface area contributed by atoms with Crippen molar-refractivity contribution >= 4 is 47.3 Å². The highest BCUT2D eigenvalue weighted by molar-refractivity contribution is 6.38. The van der Waals surface area contributed by atoms with Gasteiger partial charge in [0.1, 0.15) is 18.7 Å². The summed E-state index contributed by atoms with van der Waals surface area (Å²) in [5.74, 6) is -5.85. The van der Waals surface area contributed by atoms with Crippen LogP contribution >= 0.6 is 0 Å². The van der Waals surface area contributed by atoms with Crippen LogP contribution in [0.3, 0.4) is 0 Å². The van der Waals surface area contributed by atoms with Crippen molar-refractivity contribution in [3.8, 4) is 0 Å². The molecule has 0 aromatic heterocycles. The molecule has 3 aromatic carbocycles. The highest BCUT2D eigenvalue weighted by Crippen LogP contribution is 2.06. The Hall–Kier alpha value is -6.38. The molecule has 0 saturated carbocycles. The number of hydrogen-bond donors (Lipinski definition) is 6. The fraction of sp³-hybridized carbons (Fsp3) is 0.278. The Morgan fingerprint density at radius 2 is 1.10 bits per heavy atom. The molecule has 0 fully saturated rings. The van der Waals surface area contributed by atoms with Gasteiger partial charge < -0.3 is 36.4 Å². The molecule has 5 amide bonds. The second-order valence-electron chi connectivity index (χ2n) is 11.2. The standard InChI is InChI=1S/C36H39N5O10/c42-29(19-25-12-6-2-7-13-25)30(43)20-38-35(49)28(18-24-10-4-1-5-11-24)40-32(45)22-37-31(44)21-39-34(48)27(16-17-33(46)47)41-36(50)51-23-26-14-8-3-9-15-26/h1-15,27-28H,16-23H2,(H,37,44)(H,38,49)(H,39,48)(H,40,45)(H,41,50)(H,46,47)/t27-,28-/m0/s1. The summed E-state index contributed by atoms with van der Waals surface area (Å²) in [6.07, 6.45) is -1.81. The van der Waals surface area contributed by atoms with Crippen molar-refractivity contribution in [3.63, 3.8) is 0 Å². The maximum Gasteiger partial charge on any atom is 0.408 e. The zero-order chi connectivity index (χ0) is 37.0. The molecule has 15 nitrogen and oxygen atoms in total. The van der Waals surface area contributed by atoms with E-state index in [0.29, 0.717) is 16.7 Å². The fourth-order valence-electron chi connectivity index (χ4n) is 4.55. The molecule has 51 heavy (non-hydrogen) atoms. The van der Waals surface area contributed by atoms with E-state index in [-0.39, 0.29) is 25.9 Å². The van der Waals surface area contributed by atoms with Gasteiger partial charge in [-0.1, -0.05) is 91.0 Å². The van der Waals surface area contributed by atoms with Crippen molar-refractivity contribution in [2.75, 3.05) is 19.6 Å². The van der Waals surface area contributed by atoms with Crippen LogP contribution in [0.2, 0.25) is 0 Å². The predicted molar refractivity (Wildman–Crippen MR) is 182 cm³/mol. The number of carboxylic acid groups (broad SMARTS) is 1. The topological polar surface area (TPSA) is 226 Å². The van der Waals surface area contributed by atoms with Gasteiger partial charge in [-0.05, 0) is 23.1 Å². The third kappa shape index (κ3) is 15.2. The van der Waals surface area contributed by atoms with E-state index in [2.05, 4.69) is 26.6 Å². The van der Waals surface area contributed by atoms with Crippen LogP contribution in [0.15, 0.2) is 91.0 Å². The molecule has 0 spiro atoms. The molecule has 15 heteroatoms. The first kappa shape index (κ1) is 39.1. The number of Topliss-reactive ketones (excluding diaryl/α,β-unsaturated/α-hetero) is 2. The summed E-state index contributed by atoms with van der Waals surface area (Å²) in [6.45, 7) is -1.88. The Balaban J connectivity index is 1.49. The minimum atomic E-state index is -1.33. The Morgan fingerprint density at radius 1 is 0.569 bits per heavy atom. The minimum absolute atomic E-state index is 0.0348. The number of amides is 5. The third-order valence-electron chi connectivity index (χ3n) is 7.21. The van der Waals surface area contributed by atoms with Crippen LogP contribution in [0.1, 0.15) is 29.5 Å². The quantitative estimate of drug-likeness (QED) is 0.0900. The zero-order valence-electron chi connectivity index (χ0n) is 27.6. The predicted octanol–water partition coefficient (Wildman–Crippen LogP) is 0.603. The number of carbonyl (C=O) groups is 8. The monoisotopic (exact) mass is 701 g/mol. The van der Waals surface area contributed by atoms with Gasteiger partial charge in [-0.25, -0.2) is 4.79 Å². The number of ether oxygens (including phenoxy) is 1. The van der Waals surface area contributed by atoms with Crippen molar-refractivity contribution in [2.45, 2.75) is 44.4 Å². The van der Waals surface area contributed by atoms with Gasteiger partial charge in [0.05, 0.1) is 19.6 Å². The molecule has 0 bridgehead atoms. The van der Waals surface area contributed by atoms with Gasteiger partial charge in [0.2, 0.25) is 35.2 Å². The average molecular weight is 702 g/mol. The summed E-state index contributed by atoms with van der Waals surface area (Å²) >= 11 is 0. The van der Waals surface area contributed by atoms with E-state index < -0.39 is 85.4 Å². The second kappa shape index (κ2) is 20.9. The maximum absolute atomic E-state index is 13.0. The number of carboxylic acids is 1. The molecule has 6 N–H and O–H groups in total. The van der Waals surface area contributed by atoms with Crippen molar-refractivity contribution in [1.29, 1.82) is 0 Å². The second-order valence-corrected chi connectivity index (χ2v) is 11.2. The number of alkyl carbamates (subject to hydrolysis) is 1. The van der Waals surface area contributed by atoms with Gasteiger partial charge >= 0.3 is 12.1 Å². The number of aliphatic carboxylic acids is 1. The van der Waals surface area contributed by atoms with Crippen molar-refractivity contribution in [1.82, 2.24) is 26.6 Å². The van der Waals surface area contributed by atoms with E-state index in [4.69, 9.17) is 9.84 Å². The molecular weight excluding hydrogens is 662 g/mol. The van der Waals surface area contributed by atoms with E-state index in [1.807, 2.05) is 0 Å². The summed E-state index contributed by atoms with van der Waals surface area (Å²) < 4.78 is 5.09. The van der Waals surface area contributed by atoms with Crippen LogP contribution in [0.5, 0.6) is 0 Å². The molecule has 3 rings (SSSR count). The van der Waals surface area contributed by atoms with Gasteiger partial charge in [0, 0.05) is 19.3 Å². The van der Waals surface area contributed by atoms with Crippen molar-refractivity contribution in [3.05, 3.63) is 108 Å². The van der Waals surface area contributed by atoms with E-state index in [0.717, 1.165) is 0 Å². The average Bonchev–Trinajstić information content (AvgIpc) is 3.13. The molecule has 3 aromatic rings. The van der Waals surface area contributed by atoms with E-state index in [9.17, 15) is 38.4 Å². The van der Waals surface area contributed by atoms with Crippen LogP contribution in [0, 0.1) is 0 Å². The van der Waals surface area contributed by atoms with Gasteiger partial charge in [-0.3, -0.25) is 33.6 Å². The highest BCUT2D eigenvalue weighted by atomic mass is 16.5. The molecule has 268 valence electrons. The Kier molecular flexibility index (Phi) is 16.0. The van der Waals surface area contributed by atoms with E-state index >= 15 is 0 Å². The van der Waals surface area contributed by atoms with Crippen LogP contribution in [-0.4, -0.2) is 84.1 Å². The largest absolute Gasteiger partial charge is 0.481 e. The summed E-state index contributed by atoms with van der Waals surface area (Å²) in [5.41, 5.74) is 2.02. The Bertz CT molecular complexity index is 1670. The lowest BCUT2D eigenvalue weighted by Gasteiger charge is -2.19. The smallest absolute Gasteiger partial charge is 0.408 e. The number of rotatable bonds is 20. The van der Waals surface area contributed by atoms with Crippen molar-refractivity contribution < 1.29 is 48.2 Å². The summed E-state index contributed by atoms with van der Waals surface area (Å²) in [4.78, 5) is 99.0. The van der Waals surface area contributed by atoms with Crippen molar-refractivity contribution in [2.24, 2.45) is 0 Å². The van der Waals surface area contributed by atoms with Gasteiger partial charge in [-0.2, -0.15) is 0 Å². The number of nitrogens with one attached hydrogen (secondary N) is 5. The number of ketones is 2. The van der Waals surface area contributed by atoms with Crippen LogP contribution in [-0.2, 0) is 57.7 Å². The fourth-order valence-corrected chi connectivity index (χ4v) is 4.55. The number of benzene rings is 3. The first-order valence-corrected chi connectivity index (χ1v) is 15.9. The van der Waals surface area contributed by atoms with Crippen LogP contribution < -0.4 is 26.6 Å². The first-order chi connectivity index (χ1) is 24.5. The molecule has 0 saturated heterocycles. The third-order valence-corrected chi connectivity index (χ3v) is 7.21. The van der Waals surface area contributed by atoms with Crippen LogP contribution in [0.4, 0.5) is 4.79 Å². The Labute approximate surface area is 293 Å². The molecule has 0 heterocycles. The normalized spacial score (nSPS) is 11.5. The number of hydrogen-bond acceptors (Lipinski definition) is 9. The number of carbonyl (C=O) groups excluding carboxylic acids is 7. The van der Waals surface area contributed by atoms with E-state index in [1.54, 1.807) is 91.0 Å². The first-order valence-electron chi connectivity index (χ1n) is 15.9. The summed E-state index contributed by atoms with van der Waals surface area (Å²) in [7, 11) is 0. The lowest BCUT2D eigenvalue weighted by atomic mass is 10.0. The lowest BCUT2D eigenvalue weighted by Crippen LogP contribution is -2.52. The molecule has 0 aliphatic rings. The highest BCUT2D eigenvalue weighted by Gasteiger charge is 2.25. The molecular formula is C36H39N5O10. The maximum atomic E-state index is 13.0. The Morgan fingerprint density at radius 3 is 1.71 bits per heavy atom. The minimum Gasteiger partial charge on any atom is -0.481 e. The van der Waals surface area contributed by atoms with Gasteiger partial charge in [0.15, 0.2) is 0 Å².